The van der Waals surface area contributed by atoms with Crippen LogP contribution in [0.5, 0.6) is 5.75 Å². The van der Waals surface area contributed by atoms with E-state index in [1.165, 1.54) is 5.56 Å². The molecule has 2 unspecified atom stereocenters. The molecular formula is C20H26N2O2. The van der Waals surface area contributed by atoms with Gasteiger partial charge in [-0.15, -0.1) is 0 Å². The average molecular weight is 326 g/mol. The lowest BCUT2D eigenvalue weighted by molar-refractivity contribution is -0.127. The summed E-state index contributed by atoms with van der Waals surface area (Å²) in [7, 11) is 4.02. The van der Waals surface area contributed by atoms with E-state index in [1.54, 1.807) is 6.92 Å². The third-order valence-electron chi connectivity index (χ3n) is 3.98. The van der Waals surface area contributed by atoms with Crippen LogP contribution in [0.4, 0.5) is 0 Å². The first-order valence-corrected chi connectivity index (χ1v) is 8.20. The zero-order chi connectivity index (χ0) is 17.5. The number of carbonyl (C=O) groups excluding carboxylic acids is 1. The van der Waals surface area contributed by atoms with Crippen LogP contribution >= 0.6 is 0 Å². The first kappa shape index (κ1) is 18.0. The fraction of sp³-hybridized carbons (Fsp3) is 0.350. The summed E-state index contributed by atoms with van der Waals surface area (Å²) in [4.78, 5) is 14.4. The van der Waals surface area contributed by atoms with Crippen LogP contribution in [0.1, 0.15) is 24.1 Å². The van der Waals surface area contributed by atoms with Gasteiger partial charge in [-0.1, -0.05) is 48.0 Å². The number of aryl methyl sites for hydroxylation is 1. The summed E-state index contributed by atoms with van der Waals surface area (Å²) in [6.07, 6.45) is -0.536. The Morgan fingerprint density at radius 2 is 1.71 bits per heavy atom. The molecule has 0 aromatic heterocycles. The van der Waals surface area contributed by atoms with Gasteiger partial charge >= 0.3 is 0 Å². The number of hydrogen-bond acceptors (Lipinski definition) is 3. The van der Waals surface area contributed by atoms with Crippen molar-refractivity contribution >= 4 is 5.91 Å². The minimum atomic E-state index is -0.536. The smallest absolute Gasteiger partial charge is 0.260 e. The van der Waals surface area contributed by atoms with Crippen molar-refractivity contribution in [2.24, 2.45) is 0 Å². The summed E-state index contributed by atoms with van der Waals surface area (Å²) in [5.41, 5.74) is 2.34. The maximum atomic E-state index is 12.3. The number of benzene rings is 2. The Balaban J connectivity index is 1.91. The first-order valence-electron chi connectivity index (χ1n) is 8.20. The number of nitrogens with zero attached hydrogens (tertiary/aromatic N) is 1. The highest BCUT2D eigenvalue weighted by Crippen LogP contribution is 2.17. The van der Waals surface area contributed by atoms with E-state index in [1.807, 2.05) is 63.5 Å². The lowest BCUT2D eigenvalue weighted by atomic mass is 10.1. The summed E-state index contributed by atoms with van der Waals surface area (Å²) in [5, 5.41) is 2.99. The number of carbonyl (C=O) groups is 1. The predicted octanol–water partition coefficient (Wildman–Crippen LogP) is 3.18. The Morgan fingerprint density at radius 3 is 2.29 bits per heavy atom. The Morgan fingerprint density at radius 1 is 1.08 bits per heavy atom. The molecule has 0 saturated heterocycles. The second-order valence-electron chi connectivity index (χ2n) is 6.21. The Kier molecular flexibility index (Phi) is 6.38. The second kappa shape index (κ2) is 8.50. The number of hydrogen-bond donors (Lipinski definition) is 1. The lowest BCUT2D eigenvalue weighted by Gasteiger charge is -2.26. The van der Waals surface area contributed by atoms with E-state index in [0.717, 1.165) is 5.56 Å². The SMILES string of the molecule is Cc1ccc(OC(C)C(=O)NCC(c2ccccc2)N(C)C)cc1. The molecule has 1 amide bonds. The molecule has 2 aromatic rings. The van der Waals surface area contributed by atoms with Gasteiger partial charge in [0.1, 0.15) is 5.75 Å². The van der Waals surface area contributed by atoms with E-state index in [0.29, 0.717) is 12.3 Å². The third kappa shape index (κ3) is 5.10. The molecule has 2 atom stereocenters. The topological polar surface area (TPSA) is 41.6 Å². The molecule has 1 N–H and O–H groups in total. The Hall–Kier alpha value is -2.33. The standard InChI is InChI=1S/C20H26N2O2/c1-15-10-12-18(13-11-15)24-16(2)20(23)21-14-19(22(3)4)17-8-6-5-7-9-17/h5-13,16,19H,14H2,1-4H3,(H,21,23). The van der Waals surface area contributed by atoms with Crippen molar-refractivity contribution in [2.45, 2.75) is 26.0 Å². The van der Waals surface area contributed by atoms with Crippen molar-refractivity contribution < 1.29 is 9.53 Å². The number of amides is 1. The fourth-order valence-electron chi connectivity index (χ4n) is 2.49. The van der Waals surface area contributed by atoms with Gasteiger partial charge in [-0.3, -0.25) is 4.79 Å². The summed E-state index contributed by atoms with van der Waals surface area (Å²) in [6, 6.07) is 18.0. The molecule has 0 heterocycles. The van der Waals surface area contributed by atoms with Gasteiger partial charge in [0.25, 0.3) is 5.91 Å². The van der Waals surface area contributed by atoms with Crippen molar-refractivity contribution in [3.05, 3.63) is 65.7 Å². The second-order valence-corrected chi connectivity index (χ2v) is 6.21. The largest absolute Gasteiger partial charge is 0.481 e. The van der Waals surface area contributed by atoms with E-state index in [4.69, 9.17) is 4.74 Å². The maximum Gasteiger partial charge on any atom is 0.260 e. The molecule has 2 aromatic carbocycles. The summed E-state index contributed by atoms with van der Waals surface area (Å²) < 4.78 is 5.70. The van der Waals surface area contributed by atoms with Gasteiger partial charge in [0.05, 0.1) is 6.04 Å². The molecule has 0 aliphatic heterocycles. The Bertz CT molecular complexity index is 638. The van der Waals surface area contributed by atoms with Gasteiger partial charge in [-0.25, -0.2) is 0 Å². The van der Waals surface area contributed by atoms with Crippen LogP contribution < -0.4 is 10.1 Å². The molecule has 0 bridgehead atoms. The van der Waals surface area contributed by atoms with Gasteiger partial charge in [-0.2, -0.15) is 0 Å². The summed E-state index contributed by atoms with van der Waals surface area (Å²) in [5.74, 6) is 0.592. The zero-order valence-corrected chi connectivity index (χ0v) is 14.8. The average Bonchev–Trinajstić information content (AvgIpc) is 2.57. The highest BCUT2D eigenvalue weighted by atomic mass is 16.5. The van der Waals surface area contributed by atoms with E-state index in [9.17, 15) is 4.79 Å². The number of rotatable bonds is 7. The van der Waals surface area contributed by atoms with E-state index < -0.39 is 6.10 Å². The van der Waals surface area contributed by atoms with Gasteiger partial charge in [0.2, 0.25) is 0 Å². The van der Waals surface area contributed by atoms with Gasteiger partial charge in [0.15, 0.2) is 6.10 Å². The number of likely N-dealkylation sites (N-methyl/N-ethyl adjacent to an activating group) is 1. The van der Waals surface area contributed by atoms with Crippen LogP contribution in [0, 0.1) is 6.92 Å². The highest BCUT2D eigenvalue weighted by Gasteiger charge is 2.19. The van der Waals surface area contributed by atoms with Crippen molar-refractivity contribution in [1.82, 2.24) is 10.2 Å². The van der Waals surface area contributed by atoms with Crippen molar-refractivity contribution in [2.75, 3.05) is 20.6 Å². The van der Waals surface area contributed by atoms with Crippen LogP contribution in [-0.4, -0.2) is 37.6 Å². The quantitative estimate of drug-likeness (QED) is 0.850. The van der Waals surface area contributed by atoms with Crippen LogP contribution in [0.2, 0.25) is 0 Å². The molecule has 0 radical (unpaired) electrons. The van der Waals surface area contributed by atoms with Crippen LogP contribution in [0.25, 0.3) is 0 Å². The molecule has 128 valence electrons. The normalized spacial score (nSPS) is 13.4. The molecular weight excluding hydrogens is 300 g/mol. The van der Waals surface area contributed by atoms with Crippen LogP contribution in [0.3, 0.4) is 0 Å². The zero-order valence-electron chi connectivity index (χ0n) is 14.8. The lowest BCUT2D eigenvalue weighted by Crippen LogP contribution is -2.41. The molecule has 0 fully saturated rings. The summed E-state index contributed by atoms with van der Waals surface area (Å²) in [6.45, 7) is 4.32. The third-order valence-corrected chi connectivity index (χ3v) is 3.98. The molecule has 4 nitrogen and oxygen atoms in total. The Labute approximate surface area is 144 Å². The highest BCUT2D eigenvalue weighted by molar-refractivity contribution is 5.80. The van der Waals surface area contributed by atoms with Gasteiger partial charge in [0, 0.05) is 6.54 Å². The molecule has 2 rings (SSSR count). The molecule has 24 heavy (non-hydrogen) atoms. The van der Waals surface area contributed by atoms with Crippen molar-refractivity contribution in [3.63, 3.8) is 0 Å². The minimum absolute atomic E-state index is 0.113. The van der Waals surface area contributed by atoms with Crippen molar-refractivity contribution in [1.29, 1.82) is 0 Å². The molecule has 0 aliphatic carbocycles. The minimum Gasteiger partial charge on any atom is -0.481 e. The monoisotopic (exact) mass is 326 g/mol. The van der Waals surface area contributed by atoms with E-state index >= 15 is 0 Å². The first-order chi connectivity index (χ1) is 11.5. The fourth-order valence-corrected chi connectivity index (χ4v) is 2.49. The van der Waals surface area contributed by atoms with Crippen LogP contribution in [0.15, 0.2) is 54.6 Å². The molecule has 0 spiro atoms. The molecule has 4 heteroatoms. The van der Waals surface area contributed by atoms with Crippen LogP contribution in [-0.2, 0) is 4.79 Å². The number of ether oxygens (including phenoxy) is 1. The number of nitrogens with one attached hydrogen (secondary N) is 1. The summed E-state index contributed by atoms with van der Waals surface area (Å²) >= 11 is 0. The molecule has 0 aliphatic rings. The van der Waals surface area contributed by atoms with Gasteiger partial charge < -0.3 is 15.0 Å². The maximum absolute atomic E-state index is 12.3. The van der Waals surface area contributed by atoms with E-state index in [-0.39, 0.29) is 11.9 Å². The van der Waals surface area contributed by atoms with Gasteiger partial charge in [-0.05, 0) is 45.6 Å². The predicted molar refractivity (Wildman–Crippen MR) is 97.1 cm³/mol. The van der Waals surface area contributed by atoms with E-state index in [2.05, 4.69) is 22.3 Å². The molecule has 0 saturated carbocycles. The van der Waals surface area contributed by atoms with Crippen molar-refractivity contribution in [3.8, 4) is 5.75 Å².